The maximum absolute atomic E-state index is 13.0. The maximum Gasteiger partial charge on any atom is 0.223 e. The van der Waals surface area contributed by atoms with Crippen LogP contribution in [0.5, 0.6) is 0 Å². The van der Waals surface area contributed by atoms with E-state index < -0.39 is 0 Å². The minimum atomic E-state index is -0.0481. The Balaban J connectivity index is 1.48. The van der Waals surface area contributed by atoms with E-state index in [9.17, 15) is 9.59 Å². The van der Waals surface area contributed by atoms with Gasteiger partial charge in [-0.1, -0.05) is 6.42 Å². The summed E-state index contributed by atoms with van der Waals surface area (Å²) >= 11 is 0. The third kappa shape index (κ3) is 2.43. The number of hydrogen-bond donors (Lipinski definition) is 1. The van der Waals surface area contributed by atoms with Crippen LogP contribution in [0.4, 0.5) is 0 Å². The summed E-state index contributed by atoms with van der Waals surface area (Å²) < 4.78 is 0. The zero-order valence-electron chi connectivity index (χ0n) is 12.9. The van der Waals surface area contributed by atoms with E-state index >= 15 is 0 Å². The molecule has 5 aliphatic rings. The lowest BCUT2D eigenvalue weighted by molar-refractivity contribution is -0.146. The van der Waals surface area contributed by atoms with Gasteiger partial charge in [-0.2, -0.15) is 0 Å². The molecule has 4 aliphatic carbocycles. The first-order chi connectivity index (χ1) is 10.1. The second-order valence-corrected chi connectivity index (χ2v) is 8.31. The van der Waals surface area contributed by atoms with Gasteiger partial charge in [0.1, 0.15) is 5.78 Å². The fourth-order valence-corrected chi connectivity index (χ4v) is 6.09. The van der Waals surface area contributed by atoms with E-state index in [1.54, 1.807) is 0 Å². The highest BCUT2D eigenvalue weighted by Gasteiger charge is 2.54. The fourth-order valence-electron chi connectivity index (χ4n) is 6.09. The summed E-state index contributed by atoms with van der Waals surface area (Å²) in [5, 5.41) is 2.98. The molecule has 1 atom stereocenters. The molecule has 1 heterocycles. The minimum absolute atomic E-state index is 0.0265. The third-order valence-corrected chi connectivity index (χ3v) is 6.71. The van der Waals surface area contributed by atoms with Crippen LogP contribution in [-0.2, 0) is 9.59 Å². The molecule has 3 heteroatoms. The standard InChI is InChI=1S/C18H27NO2/c20-16(8-15-3-1-2-4-19-17(15)21)18-9-12-5-13(10-18)7-14(6-12)11-18/h12-15H,1-11H2,(H,19,21). The van der Waals surface area contributed by atoms with Gasteiger partial charge in [-0.3, -0.25) is 9.59 Å². The zero-order valence-corrected chi connectivity index (χ0v) is 12.9. The van der Waals surface area contributed by atoms with Gasteiger partial charge in [0.25, 0.3) is 0 Å². The van der Waals surface area contributed by atoms with Crippen molar-refractivity contribution in [3.63, 3.8) is 0 Å². The molecule has 0 spiro atoms. The Morgan fingerprint density at radius 2 is 1.67 bits per heavy atom. The van der Waals surface area contributed by atoms with E-state index in [2.05, 4.69) is 5.32 Å². The third-order valence-electron chi connectivity index (χ3n) is 6.71. The first kappa shape index (κ1) is 13.8. The van der Waals surface area contributed by atoms with E-state index in [1.807, 2.05) is 0 Å². The van der Waals surface area contributed by atoms with Crippen molar-refractivity contribution in [1.29, 1.82) is 0 Å². The van der Waals surface area contributed by atoms with Crippen LogP contribution < -0.4 is 5.32 Å². The Hall–Kier alpha value is -0.860. The summed E-state index contributed by atoms with van der Waals surface area (Å²) in [7, 11) is 0. The molecule has 21 heavy (non-hydrogen) atoms. The van der Waals surface area contributed by atoms with Crippen molar-refractivity contribution >= 4 is 11.7 Å². The summed E-state index contributed by atoms with van der Waals surface area (Å²) in [6, 6.07) is 0. The van der Waals surface area contributed by atoms with Crippen molar-refractivity contribution in [3.05, 3.63) is 0 Å². The second kappa shape index (κ2) is 5.10. The van der Waals surface area contributed by atoms with Gasteiger partial charge in [0.15, 0.2) is 0 Å². The molecule has 1 N–H and O–H groups in total. The normalized spacial score (nSPS) is 45.2. The number of Topliss-reactive ketones (excluding diaryl/α,β-unsaturated/α-hetero) is 1. The Morgan fingerprint density at radius 1 is 1.05 bits per heavy atom. The molecule has 1 aliphatic heterocycles. The van der Waals surface area contributed by atoms with E-state index in [0.717, 1.165) is 62.8 Å². The highest BCUT2D eigenvalue weighted by Crippen LogP contribution is 2.60. The lowest BCUT2D eigenvalue weighted by Crippen LogP contribution is -2.50. The van der Waals surface area contributed by atoms with Crippen LogP contribution in [0, 0.1) is 29.1 Å². The number of nitrogens with one attached hydrogen (secondary N) is 1. The smallest absolute Gasteiger partial charge is 0.223 e. The summed E-state index contributed by atoms with van der Waals surface area (Å²) in [5.41, 5.74) is -0.0265. The van der Waals surface area contributed by atoms with Crippen LogP contribution in [0.2, 0.25) is 0 Å². The number of hydrogen-bond acceptors (Lipinski definition) is 2. The molecule has 1 saturated heterocycles. The molecule has 1 amide bonds. The Kier molecular flexibility index (Phi) is 3.35. The molecular formula is C18H27NO2. The molecule has 116 valence electrons. The van der Waals surface area contributed by atoms with E-state index in [4.69, 9.17) is 0 Å². The molecule has 1 unspecified atom stereocenters. The molecule has 0 aromatic heterocycles. The molecule has 0 radical (unpaired) electrons. The molecule has 4 saturated carbocycles. The lowest BCUT2D eigenvalue weighted by Gasteiger charge is -2.56. The first-order valence-electron chi connectivity index (χ1n) is 8.96. The van der Waals surface area contributed by atoms with Gasteiger partial charge < -0.3 is 5.32 Å². The van der Waals surface area contributed by atoms with Gasteiger partial charge in [-0.15, -0.1) is 0 Å². The van der Waals surface area contributed by atoms with Crippen molar-refractivity contribution in [1.82, 2.24) is 5.32 Å². The Labute approximate surface area is 127 Å². The topological polar surface area (TPSA) is 46.2 Å². The van der Waals surface area contributed by atoms with Gasteiger partial charge in [0.2, 0.25) is 5.91 Å². The summed E-state index contributed by atoms with van der Waals surface area (Å²) in [5.74, 6) is 2.94. The quantitative estimate of drug-likeness (QED) is 0.868. The van der Waals surface area contributed by atoms with Gasteiger partial charge in [0, 0.05) is 24.3 Å². The number of ketones is 1. The maximum atomic E-state index is 13.0. The van der Waals surface area contributed by atoms with Crippen LogP contribution in [0.3, 0.4) is 0 Å². The Bertz CT molecular complexity index is 421. The number of rotatable bonds is 3. The summed E-state index contributed by atoms with van der Waals surface area (Å²) in [6.07, 6.45) is 11.1. The predicted molar refractivity (Wildman–Crippen MR) is 80.6 cm³/mol. The van der Waals surface area contributed by atoms with E-state index in [0.29, 0.717) is 12.2 Å². The fraction of sp³-hybridized carbons (Fsp3) is 0.889. The Morgan fingerprint density at radius 3 is 2.29 bits per heavy atom. The molecule has 0 aromatic carbocycles. The van der Waals surface area contributed by atoms with Crippen LogP contribution in [0.25, 0.3) is 0 Å². The number of carbonyl (C=O) groups is 2. The number of carbonyl (C=O) groups excluding carboxylic acids is 2. The first-order valence-corrected chi connectivity index (χ1v) is 8.96. The molecular weight excluding hydrogens is 262 g/mol. The van der Waals surface area contributed by atoms with E-state index in [1.165, 1.54) is 19.3 Å². The van der Waals surface area contributed by atoms with E-state index in [-0.39, 0.29) is 17.2 Å². The van der Waals surface area contributed by atoms with Crippen molar-refractivity contribution in [2.24, 2.45) is 29.1 Å². The van der Waals surface area contributed by atoms with Crippen molar-refractivity contribution in [3.8, 4) is 0 Å². The van der Waals surface area contributed by atoms with Crippen molar-refractivity contribution in [2.75, 3.05) is 6.54 Å². The van der Waals surface area contributed by atoms with Gasteiger partial charge in [-0.25, -0.2) is 0 Å². The zero-order chi connectivity index (χ0) is 14.4. The van der Waals surface area contributed by atoms with Crippen LogP contribution in [0.1, 0.15) is 64.2 Å². The minimum Gasteiger partial charge on any atom is -0.356 e. The van der Waals surface area contributed by atoms with Crippen LogP contribution in [-0.4, -0.2) is 18.2 Å². The summed E-state index contributed by atoms with van der Waals surface area (Å²) in [4.78, 5) is 25.2. The lowest BCUT2D eigenvalue weighted by atomic mass is 9.48. The molecule has 5 rings (SSSR count). The van der Waals surface area contributed by atoms with Crippen molar-refractivity contribution in [2.45, 2.75) is 64.2 Å². The highest BCUT2D eigenvalue weighted by atomic mass is 16.2. The van der Waals surface area contributed by atoms with Crippen LogP contribution in [0.15, 0.2) is 0 Å². The second-order valence-electron chi connectivity index (χ2n) is 8.31. The van der Waals surface area contributed by atoms with Crippen LogP contribution >= 0.6 is 0 Å². The molecule has 5 fully saturated rings. The SMILES string of the molecule is O=C1NCCCCC1CC(=O)C12CC3CC(CC(C3)C1)C2. The molecule has 4 bridgehead atoms. The average Bonchev–Trinajstić information content (AvgIpc) is 2.62. The van der Waals surface area contributed by atoms with Crippen molar-refractivity contribution < 1.29 is 9.59 Å². The van der Waals surface area contributed by atoms with Gasteiger partial charge in [-0.05, 0) is 69.1 Å². The largest absolute Gasteiger partial charge is 0.356 e. The summed E-state index contributed by atoms with van der Waals surface area (Å²) in [6.45, 7) is 0.793. The highest BCUT2D eigenvalue weighted by molar-refractivity contribution is 5.90. The predicted octanol–water partition coefficient (Wildman–Crippen LogP) is 3.08. The molecule has 0 aromatic rings. The average molecular weight is 289 g/mol. The van der Waals surface area contributed by atoms with Gasteiger partial charge in [0.05, 0.1) is 0 Å². The van der Waals surface area contributed by atoms with Gasteiger partial charge >= 0.3 is 0 Å². The monoisotopic (exact) mass is 289 g/mol. The number of amides is 1. The molecule has 3 nitrogen and oxygen atoms in total.